The van der Waals surface area contributed by atoms with Gasteiger partial charge in [-0.2, -0.15) is 5.21 Å². The number of hydrogen-bond acceptors (Lipinski definition) is 7. The number of aromatic amines is 1. The highest BCUT2D eigenvalue weighted by Gasteiger charge is 2.38. The summed E-state index contributed by atoms with van der Waals surface area (Å²) in [7, 11) is 1.59. The first-order valence-corrected chi connectivity index (χ1v) is 9.19. The highest BCUT2D eigenvalue weighted by atomic mass is 16.5. The molecule has 0 amide bonds. The molecule has 2 heterocycles. The SMILES string of the molecule is COc1cccc(O[C@H]2CC[C@H]3CN[C@H](C(=O)O)C[C@H]3C2)c1-c1nn[nH]n1. The van der Waals surface area contributed by atoms with Crippen LogP contribution in [0.25, 0.3) is 11.4 Å². The maximum absolute atomic E-state index is 11.3. The molecule has 2 fully saturated rings. The van der Waals surface area contributed by atoms with E-state index in [-0.39, 0.29) is 6.10 Å². The van der Waals surface area contributed by atoms with Crippen molar-refractivity contribution in [3.8, 4) is 22.9 Å². The summed E-state index contributed by atoms with van der Waals surface area (Å²) in [5.41, 5.74) is 0.671. The summed E-state index contributed by atoms with van der Waals surface area (Å²) >= 11 is 0. The van der Waals surface area contributed by atoms with E-state index in [1.165, 1.54) is 0 Å². The van der Waals surface area contributed by atoms with Crippen LogP contribution < -0.4 is 14.8 Å². The summed E-state index contributed by atoms with van der Waals surface area (Å²) in [5.74, 6) is 1.79. The van der Waals surface area contributed by atoms with Gasteiger partial charge in [0.1, 0.15) is 23.1 Å². The molecular weight excluding hydrogens is 350 g/mol. The van der Waals surface area contributed by atoms with Crippen LogP contribution in [0.4, 0.5) is 0 Å². The number of nitrogens with zero attached hydrogens (tertiary/aromatic N) is 3. The number of aliphatic carboxylic acids is 1. The van der Waals surface area contributed by atoms with Crippen LogP contribution in [0, 0.1) is 11.8 Å². The Balaban J connectivity index is 1.52. The van der Waals surface area contributed by atoms with Crippen LogP contribution in [0.2, 0.25) is 0 Å². The molecule has 144 valence electrons. The first kappa shape index (κ1) is 17.7. The molecule has 2 aliphatic rings. The second-order valence-electron chi connectivity index (χ2n) is 7.18. The largest absolute Gasteiger partial charge is 0.496 e. The minimum absolute atomic E-state index is 0.0246. The van der Waals surface area contributed by atoms with Crippen molar-refractivity contribution < 1.29 is 19.4 Å². The number of tetrazole rings is 1. The smallest absolute Gasteiger partial charge is 0.320 e. The number of rotatable bonds is 5. The summed E-state index contributed by atoms with van der Waals surface area (Å²) in [5, 5.41) is 26.7. The third kappa shape index (κ3) is 3.59. The van der Waals surface area contributed by atoms with E-state index in [1.54, 1.807) is 7.11 Å². The highest BCUT2D eigenvalue weighted by Crippen LogP contribution is 2.41. The maximum atomic E-state index is 11.3. The lowest BCUT2D eigenvalue weighted by atomic mass is 9.72. The first-order valence-electron chi connectivity index (χ1n) is 9.19. The zero-order chi connectivity index (χ0) is 18.8. The average Bonchev–Trinajstić information content (AvgIpc) is 3.21. The second-order valence-corrected chi connectivity index (χ2v) is 7.18. The molecule has 4 atom stereocenters. The average molecular weight is 373 g/mol. The Morgan fingerprint density at radius 3 is 2.81 bits per heavy atom. The van der Waals surface area contributed by atoms with E-state index < -0.39 is 12.0 Å². The third-order valence-corrected chi connectivity index (χ3v) is 5.63. The Morgan fingerprint density at radius 1 is 1.22 bits per heavy atom. The van der Waals surface area contributed by atoms with Crippen molar-refractivity contribution >= 4 is 5.97 Å². The van der Waals surface area contributed by atoms with Gasteiger partial charge in [0.05, 0.1) is 13.2 Å². The number of hydrogen-bond donors (Lipinski definition) is 3. The lowest BCUT2D eigenvalue weighted by Gasteiger charge is -2.41. The van der Waals surface area contributed by atoms with Crippen molar-refractivity contribution in [3.63, 3.8) is 0 Å². The molecule has 0 unspecified atom stereocenters. The third-order valence-electron chi connectivity index (χ3n) is 5.63. The van der Waals surface area contributed by atoms with E-state index in [2.05, 4.69) is 25.9 Å². The fourth-order valence-corrected chi connectivity index (χ4v) is 4.26. The van der Waals surface area contributed by atoms with Crippen LogP contribution in [0.5, 0.6) is 11.5 Å². The second kappa shape index (κ2) is 7.51. The number of benzene rings is 1. The Kier molecular flexibility index (Phi) is 4.93. The number of carboxylic acid groups (broad SMARTS) is 1. The molecule has 1 aliphatic heterocycles. The van der Waals surface area contributed by atoms with Crippen molar-refractivity contribution in [1.82, 2.24) is 25.9 Å². The van der Waals surface area contributed by atoms with E-state index in [0.717, 1.165) is 25.8 Å². The number of fused-ring (bicyclic) bond motifs is 1. The number of carboxylic acids is 1. The van der Waals surface area contributed by atoms with Crippen molar-refractivity contribution in [1.29, 1.82) is 0 Å². The number of H-pyrrole nitrogens is 1. The Labute approximate surface area is 156 Å². The van der Waals surface area contributed by atoms with Gasteiger partial charge < -0.3 is 19.9 Å². The van der Waals surface area contributed by atoms with Gasteiger partial charge >= 0.3 is 5.97 Å². The summed E-state index contributed by atoms with van der Waals surface area (Å²) in [6.07, 6.45) is 3.48. The van der Waals surface area contributed by atoms with Crippen molar-refractivity contribution in [3.05, 3.63) is 18.2 Å². The highest BCUT2D eigenvalue weighted by molar-refractivity contribution is 5.73. The Hall–Kier alpha value is -2.68. The minimum Gasteiger partial charge on any atom is -0.496 e. The molecule has 2 aromatic rings. The summed E-state index contributed by atoms with van der Waals surface area (Å²) in [6.45, 7) is 0.765. The zero-order valence-electron chi connectivity index (χ0n) is 15.1. The topological polar surface area (TPSA) is 122 Å². The van der Waals surface area contributed by atoms with Gasteiger partial charge in [-0.1, -0.05) is 6.07 Å². The van der Waals surface area contributed by atoms with Gasteiger partial charge in [0, 0.05) is 0 Å². The molecule has 1 aromatic carbocycles. The fourth-order valence-electron chi connectivity index (χ4n) is 4.26. The zero-order valence-corrected chi connectivity index (χ0v) is 15.1. The maximum Gasteiger partial charge on any atom is 0.320 e. The first-order chi connectivity index (χ1) is 13.2. The Bertz CT molecular complexity index is 797. The van der Waals surface area contributed by atoms with E-state index >= 15 is 0 Å². The summed E-state index contributed by atoms with van der Waals surface area (Å²) in [4.78, 5) is 11.3. The number of methoxy groups -OCH3 is 1. The molecule has 1 saturated carbocycles. The van der Waals surface area contributed by atoms with Gasteiger partial charge in [-0.05, 0) is 61.4 Å². The van der Waals surface area contributed by atoms with E-state index in [1.807, 2.05) is 18.2 Å². The molecule has 1 aliphatic carbocycles. The molecule has 1 saturated heterocycles. The molecule has 0 radical (unpaired) electrons. The van der Waals surface area contributed by atoms with Gasteiger partial charge in [0.15, 0.2) is 0 Å². The summed E-state index contributed by atoms with van der Waals surface area (Å²) < 4.78 is 11.8. The van der Waals surface area contributed by atoms with Crippen LogP contribution in [0.15, 0.2) is 18.2 Å². The van der Waals surface area contributed by atoms with Crippen LogP contribution in [-0.4, -0.2) is 57.5 Å². The van der Waals surface area contributed by atoms with Gasteiger partial charge in [-0.25, -0.2) is 0 Å². The van der Waals surface area contributed by atoms with Crippen molar-refractivity contribution in [2.45, 2.75) is 37.8 Å². The molecule has 3 N–H and O–H groups in total. The van der Waals surface area contributed by atoms with E-state index in [9.17, 15) is 9.90 Å². The predicted molar refractivity (Wildman–Crippen MR) is 95.5 cm³/mol. The van der Waals surface area contributed by atoms with Gasteiger partial charge in [0.2, 0.25) is 5.82 Å². The van der Waals surface area contributed by atoms with Crippen molar-refractivity contribution in [2.24, 2.45) is 11.8 Å². The predicted octanol–water partition coefficient (Wildman–Crippen LogP) is 1.49. The number of ether oxygens (including phenoxy) is 2. The van der Waals surface area contributed by atoms with Crippen LogP contribution in [0.1, 0.15) is 25.7 Å². The number of aromatic nitrogens is 4. The Morgan fingerprint density at radius 2 is 2.07 bits per heavy atom. The number of piperidine rings is 1. The monoisotopic (exact) mass is 373 g/mol. The fraction of sp³-hybridized carbons (Fsp3) is 0.556. The van der Waals surface area contributed by atoms with Gasteiger partial charge in [-0.3, -0.25) is 4.79 Å². The summed E-state index contributed by atoms with van der Waals surface area (Å²) in [6, 6.07) is 5.12. The van der Waals surface area contributed by atoms with Gasteiger partial charge in [0.25, 0.3) is 0 Å². The lowest BCUT2D eigenvalue weighted by Crippen LogP contribution is -2.50. The van der Waals surface area contributed by atoms with Crippen LogP contribution in [0.3, 0.4) is 0 Å². The minimum atomic E-state index is -0.774. The van der Waals surface area contributed by atoms with Crippen LogP contribution in [-0.2, 0) is 4.79 Å². The molecule has 9 heteroatoms. The van der Waals surface area contributed by atoms with Crippen molar-refractivity contribution in [2.75, 3.05) is 13.7 Å². The molecule has 27 heavy (non-hydrogen) atoms. The molecule has 4 rings (SSSR count). The lowest BCUT2D eigenvalue weighted by molar-refractivity contribution is -0.141. The number of carbonyl (C=O) groups is 1. The quantitative estimate of drug-likeness (QED) is 0.720. The number of nitrogens with one attached hydrogen (secondary N) is 2. The van der Waals surface area contributed by atoms with E-state index in [4.69, 9.17) is 9.47 Å². The molecule has 9 nitrogen and oxygen atoms in total. The molecule has 0 spiro atoms. The molecule has 0 bridgehead atoms. The van der Waals surface area contributed by atoms with Crippen LogP contribution >= 0.6 is 0 Å². The molecular formula is C18H23N5O4. The molecule has 1 aromatic heterocycles. The van der Waals surface area contributed by atoms with E-state index in [0.29, 0.717) is 41.1 Å². The standard InChI is InChI=1S/C18H23N5O4/c1-26-14-3-2-4-15(16(14)17-20-22-23-21-17)27-12-6-5-10-9-19-13(18(24)25)8-11(10)7-12/h2-4,10-13,19H,5-9H2,1H3,(H,24,25)(H,20,21,22,23)/t10-,11+,12-,13-/m0/s1. The van der Waals surface area contributed by atoms with Gasteiger partial charge in [-0.15, -0.1) is 10.2 Å². The normalized spacial score (nSPS) is 27.6.